The molecule has 2 aliphatic heterocycles. The minimum atomic E-state index is -0.0496. The molecule has 0 aromatic carbocycles. The van der Waals surface area contributed by atoms with Gasteiger partial charge in [-0.05, 0) is 43.8 Å². The monoisotopic (exact) mass is 326 g/mol. The van der Waals surface area contributed by atoms with Crippen LogP contribution < -0.4 is 5.32 Å². The molecule has 5 heteroatoms. The zero-order valence-corrected chi connectivity index (χ0v) is 14.5. The first-order valence-corrected chi connectivity index (χ1v) is 9.03. The maximum atomic E-state index is 8.99. The van der Waals surface area contributed by atoms with Gasteiger partial charge in [0.25, 0.3) is 0 Å². The van der Waals surface area contributed by atoms with Crippen molar-refractivity contribution in [2.75, 3.05) is 38.7 Å². The molecule has 0 aromatic heterocycles. The van der Waals surface area contributed by atoms with E-state index in [0.717, 1.165) is 42.3 Å². The molecule has 1 saturated heterocycles. The van der Waals surface area contributed by atoms with E-state index >= 15 is 0 Å². The molecule has 0 amide bonds. The number of hydrogen-bond donors (Lipinski definition) is 1. The fraction of sp³-hybridized carbons (Fsp3) is 0.444. The molecular weight excluding hydrogens is 304 g/mol. The molecule has 1 N–H and O–H groups in total. The Balaban J connectivity index is 1.94. The predicted octanol–water partition coefficient (Wildman–Crippen LogP) is 2.50. The summed E-state index contributed by atoms with van der Waals surface area (Å²) in [5.74, 6) is 2.07. The van der Waals surface area contributed by atoms with Crippen molar-refractivity contribution in [3.63, 3.8) is 0 Å². The van der Waals surface area contributed by atoms with Gasteiger partial charge in [-0.3, -0.25) is 4.99 Å². The van der Waals surface area contributed by atoms with E-state index in [0.29, 0.717) is 0 Å². The average Bonchev–Trinajstić information content (AvgIpc) is 2.85. The highest BCUT2D eigenvalue weighted by Crippen LogP contribution is 2.50. The van der Waals surface area contributed by atoms with Crippen LogP contribution in [0.2, 0.25) is 0 Å². The van der Waals surface area contributed by atoms with Gasteiger partial charge in [-0.25, -0.2) is 0 Å². The molecule has 1 atom stereocenters. The highest BCUT2D eigenvalue weighted by molar-refractivity contribution is 7.99. The Morgan fingerprint density at radius 2 is 2.30 bits per heavy atom. The molecule has 0 saturated carbocycles. The second-order valence-corrected chi connectivity index (χ2v) is 7.37. The summed E-state index contributed by atoms with van der Waals surface area (Å²) in [6.45, 7) is 1.92. The first-order valence-electron chi connectivity index (χ1n) is 7.87. The van der Waals surface area contributed by atoms with E-state index in [-0.39, 0.29) is 5.41 Å². The van der Waals surface area contributed by atoms with Gasteiger partial charge in [0.05, 0.1) is 11.8 Å². The van der Waals surface area contributed by atoms with Gasteiger partial charge in [0.1, 0.15) is 0 Å². The van der Waals surface area contributed by atoms with Gasteiger partial charge in [0.15, 0.2) is 0 Å². The summed E-state index contributed by atoms with van der Waals surface area (Å²) < 4.78 is 0. The molecule has 1 unspecified atom stereocenters. The molecule has 120 valence electrons. The minimum Gasteiger partial charge on any atom is -0.384 e. The fourth-order valence-corrected chi connectivity index (χ4v) is 4.85. The summed E-state index contributed by atoms with van der Waals surface area (Å²) in [7, 11) is 4.17. The molecule has 0 aromatic rings. The van der Waals surface area contributed by atoms with Crippen molar-refractivity contribution in [1.82, 2.24) is 10.2 Å². The van der Waals surface area contributed by atoms with Crippen LogP contribution in [0, 0.1) is 16.7 Å². The number of hydrogen-bond acceptors (Lipinski definition) is 5. The van der Waals surface area contributed by atoms with Crippen LogP contribution in [0.15, 0.2) is 52.3 Å². The van der Waals surface area contributed by atoms with E-state index in [4.69, 9.17) is 10.3 Å². The smallest absolute Gasteiger partial charge is 0.0914 e. The van der Waals surface area contributed by atoms with Crippen molar-refractivity contribution in [3.05, 3.63) is 47.3 Å². The van der Waals surface area contributed by atoms with E-state index in [9.17, 15) is 0 Å². The molecule has 4 nitrogen and oxygen atoms in total. The first kappa shape index (κ1) is 16.1. The largest absolute Gasteiger partial charge is 0.384 e. The predicted molar refractivity (Wildman–Crippen MR) is 97.4 cm³/mol. The average molecular weight is 326 g/mol. The van der Waals surface area contributed by atoms with Gasteiger partial charge < -0.3 is 10.2 Å². The molecular formula is C18H22N4S. The normalized spacial score (nSPS) is 27.6. The topological polar surface area (TPSA) is 51.4 Å². The maximum Gasteiger partial charge on any atom is 0.0914 e. The Labute approximate surface area is 142 Å². The minimum absolute atomic E-state index is 0.0496. The summed E-state index contributed by atoms with van der Waals surface area (Å²) in [5.41, 5.74) is 4.82. The Morgan fingerprint density at radius 1 is 1.43 bits per heavy atom. The van der Waals surface area contributed by atoms with E-state index in [2.05, 4.69) is 42.5 Å². The van der Waals surface area contributed by atoms with E-state index < -0.39 is 0 Å². The third-order valence-electron chi connectivity index (χ3n) is 4.53. The van der Waals surface area contributed by atoms with E-state index in [1.807, 2.05) is 24.0 Å². The number of rotatable bonds is 4. The standard InChI is InChI=1S/C18H22N4S/c1-22(2)10-9-20-16-6-8-21-17-4-3-14(5-7-19)11-18(17)13-23-12-15(16)18/h3-6,8,20H,9-13H2,1-2H3/b14-5-. The van der Waals surface area contributed by atoms with E-state index in [1.54, 1.807) is 6.08 Å². The zero-order chi connectivity index (χ0) is 16.3. The molecule has 3 rings (SSSR count). The lowest BCUT2D eigenvalue weighted by Crippen LogP contribution is -2.36. The Bertz CT molecular complexity index is 676. The van der Waals surface area contributed by atoms with Crippen molar-refractivity contribution >= 4 is 17.5 Å². The van der Waals surface area contributed by atoms with Gasteiger partial charge >= 0.3 is 0 Å². The summed E-state index contributed by atoms with van der Waals surface area (Å²) in [6, 6.07) is 2.17. The molecule has 3 aliphatic rings. The van der Waals surface area contributed by atoms with Gasteiger partial charge in [0, 0.05) is 48.0 Å². The first-order chi connectivity index (χ1) is 11.2. The maximum absolute atomic E-state index is 8.99. The Kier molecular flexibility index (Phi) is 4.74. The third kappa shape index (κ3) is 3.15. The highest BCUT2D eigenvalue weighted by Gasteiger charge is 2.46. The van der Waals surface area contributed by atoms with Crippen molar-refractivity contribution in [2.24, 2.45) is 10.4 Å². The molecule has 23 heavy (non-hydrogen) atoms. The summed E-state index contributed by atoms with van der Waals surface area (Å²) >= 11 is 1.96. The van der Waals surface area contributed by atoms with Gasteiger partial charge in [-0.15, -0.1) is 0 Å². The molecule has 0 radical (unpaired) electrons. The number of nitriles is 1. The number of allylic oxidation sites excluding steroid dienone is 5. The van der Waals surface area contributed by atoms with Crippen LogP contribution in [0.1, 0.15) is 6.42 Å². The van der Waals surface area contributed by atoms with Gasteiger partial charge in [0.2, 0.25) is 0 Å². The lowest BCUT2D eigenvalue weighted by Gasteiger charge is -2.34. The van der Waals surface area contributed by atoms with Crippen LogP contribution in [0.4, 0.5) is 0 Å². The third-order valence-corrected chi connectivity index (χ3v) is 5.72. The molecule has 2 heterocycles. The quantitative estimate of drug-likeness (QED) is 0.807. The van der Waals surface area contributed by atoms with Crippen LogP contribution in [0.5, 0.6) is 0 Å². The molecule has 0 bridgehead atoms. The lowest BCUT2D eigenvalue weighted by atomic mass is 9.70. The Hall–Kier alpha value is -1.77. The zero-order valence-electron chi connectivity index (χ0n) is 13.7. The van der Waals surface area contributed by atoms with Crippen LogP contribution in [-0.2, 0) is 0 Å². The molecule has 1 spiro atoms. The number of aliphatic imine (C=N–C) groups is 1. The van der Waals surface area contributed by atoms with Crippen LogP contribution in [0.3, 0.4) is 0 Å². The molecule has 1 fully saturated rings. The van der Waals surface area contributed by atoms with Crippen LogP contribution >= 0.6 is 11.8 Å². The number of thioether (sulfide) groups is 1. The van der Waals surface area contributed by atoms with E-state index in [1.165, 1.54) is 11.3 Å². The summed E-state index contributed by atoms with van der Waals surface area (Å²) in [4.78, 5) is 6.88. The summed E-state index contributed by atoms with van der Waals surface area (Å²) in [6.07, 6.45) is 10.7. The van der Waals surface area contributed by atoms with Gasteiger partial charge in [-0.1, -0.05) is 6.08 Å². The lowest BCUT2D eigenvalue weighted by molar-refractivity contribution is 0.407. The van der Waals surface area contributed by atoms with Crippen LogP contribution in [-0.4, -0.2) is 49.3 Å². The van der Waals surface area contributed by atoms with Crippen molar-refractivity contribution in [3.8, 4) is 6.07 Å². The Morgan fingerprint density at radius 3 is 3.09 bits per heavy atom. The highest BCUT2D eigenvalue weighted by atomic mass is 32.2. The summed E-state index contributed by atoms with van der Waals surface area (Å²) in [5, 5.41) is 12.6. The number of likely N-dealkylation sites (N-methyl/N-ethyl adjacent to an activating group) is 1. The second kappa shape index (κ2) is 6.77. The SMILES string of the molecule is CN(C)CCNC1=C2CSCC23C/C(=C\C#N)C=CC3=NC=C1. The van der Waals surface area contributed by atoms with Crippen molar-refractivity contribution < 1.29 is 0 Å². The van der Waals surface area contributed by atoms with Gasteiger partial charge in [-0.2, -0.15) is 17.0 Å². The van der Waals surface area contributed by atoms with Crippen molar-refractivity contribution in [2.45, 2.75) is 6.42 Å². The second-order valence-electron chi connectivity index (χ2n) is 6.39. The molecule has 1 aliphatic carbocycles. The number of nitrogens with one attached hydrogen (secondary N) is 1. The number of nitrogens with zero attached hydrogens (tertiary/aromatic N) is 3. The van der Waals surface area contributed by atoms with Crippen molar-refractivity contribution in [1.29, 1.82) is 5.26 Å². The van der Waals surface area contributed by atoms with Crippen LogP contribution in [0.25, 0.3) is 0 Å². The fourth-order valence-electron chi connectivity index (χ4n) is 3.34.